The van der Waals surface area contributed by atoms with E-state index in [0.29, 0.717) is 0 Å². The minimum absolute atomic E-state index is 0.0334. The first kappa shape index (κ1) is 13.7. The molecule has 1 heterocycles. The van der Waals surface area contributed by atoms with Crippen LogP contribution in [0.1, 0.15) is 6.42 Å². The molecule has 0 unspecified atom stereocenters. The van der Waals surface area contributed by atoms with Crippen molar-refractivity contribution in [3.8, 4) is 0 Å². The van der Waals surface area contributed by atoms with E-state index in [0.717, 1.165) is 0 Å². The van der Waals surface area contributed by atoms with Crippen LogP contribution in [0.3, 0.4) is 0 Å². The fraction of sp³-hybridized carbons (Fsp3) is 0.444. The van der Waals surface area contributed by atoms with Gasteiger partial charge in [0.2, 0.25) is 5.91 Å². The van der Waals surface area contributed by atoms with Gasteiger partial charge in [-0.25, -0.2) is 18.7 Å². The number of halogens is 3. The number of hydrogen-bond donors (Lipinski definition) is 1. The number of alkyl halides is 2. The number of amides is 1. The molecule has 0 bridgehead atoms. The van der Waals surface area contributed by atoms with Crippen molar-refractivity contribution < 1.29 is 18.3 Å². The highest BCUT2D eigenvalue weighted by Gasteiger charge is 2.06. The Morgan fingerprint density at radius 1 is 1.53 bits per heavy atom. The minimum Gasteiger partial charge on any atom is -0.375 e. The van der Waals surface area contributed by atoms with Crippen LogP contribution in [0.5, 0.6) is 0 Å². The van der Waals surface area contributed by atoms with E-state index in [1.807, 2.05) is 0 Å². The van der Waals surface area contributed by atoms with Crippen LogP contribution in [0.25, 0.3) is 0 Å². The van der Waals surface area contributed by atoms with Crippen LogP contribution in [0.2, 0.25) is 5.15 Å². The SMILES string of the molecule is O=C(CCOCC(F)F)Nc1cc(Cl)ncn1. The van der Waals surface area contributed by atoms with Crippen molar-refractivity contribution in [2.24, 2.45) is 0 Å². The molecule has 0 saturated carbocycles. The van der Waals surface area contributed by atoms with E-state index in [-0.39, 0.29) is 24.0 Å². The molecule has 1 amide bonds. The van der Waals surface area contributed by atoms with Crippen molar-refractivity contribution in [1.82, 2.24) is 9.97 Å². The Labute approximate surface area is 101 Å². The first-order valence-electron chi connectivity index (χ1n) is 4.71. The summed E-state index contributed by atoms with van der Waals surface area (Å²) in [6, 6.07) is 1.37. The molecule has 94 valence electrons. The summed E-state index contributed by atoms with van der Waals surface area (Å²) in [5.41, 5.74) is 0. The molecule has 8 heteroatoms. The Bertz CT molecular complexity index is 379. The Morgan fingerprint density at radius 3 is 2.94 bits per heavy atom. The van der Waals surface area contributed by atoms with Crippen LogP contribution in [-0.4, -0.2) is 35.5 Å². The first-order valence-corrected chi connectivity index (χ1v) is 5.09. The van der Waals surface area contributed by atoms with Gasteiger partial charge in [-0.2, -0.15) is 0 Å². The largest absolute Gasteiger partial charge is 0.375 e. The fourth-order valence-electron chi connectivity index (χ4n) is 0.945. The monoisotopic (exact) mass is 265 g/mol. The zero-order chi connectivity index (χ0) is 12.7. The molecule has 1 aromatic rings. The summed E-state index contributed by atoms with van der Waals surface area (Å²) in [6.07, 6.45) is -1.36. The van der Waals surface area contributed by atoms with Crippen molar-refractivity contribution in [3.05, 3.63) is 17.5 Å². The van der Waals surface area contributed by atoms with E-state index in [9.17, 15) is 13.6 Å². The lowest BCUT2D eigenvalue weighted by Gasteiger charge is -2.05. The quantitative estimate of drug-likeness (QED) is 0.629. The Balaban J connectivity index is 2.25. The van der Waals surface area contributed by atoms with Gasteiger partial charge >= 0.3 is 0 Å². The lowest BCUT2D eigenvalue weighted by molar-refractivity contribution is -0.117. The third-order valence-electron chi connectivity index (χ3n) is 1.62. The lowest BCUT2D eigenvalue weighted by atomic mass is 10.4. The molecule has 0 aliphatic carbocycles. The highest BCUT2D eigenvalue weighted by Crippen LogP contribution is 2.08. The van der Waals surface area contributed by atoms with Gasteiger partial charge in [-0.15, -0.1) is 0 Å². The highest BCUT2D eigenvalue weighted by molar-refractivity contribution is 6.29. The summed E-state index contributed by atoms with van der Waals surface area (Å²) in [5.74, 6) is -0.141. The van der Waals surface area contributed by atoms with Crippen molar-refractivity contribution >= 4 is 23.3 Å². The second-order valence-corrected chi connectivity index (χ2v) is 3.38. The Morgan fingerprint density at radius 2 is 2.29 bits per heavy atom. The number of rotatable bonds is 6. The van der Waals surface area contributed by atoms with Gasteiger partial charge in [0.25, 0.3) is 6.43 Å². The van der Waals surface area contributed by atoms with Crippen LogP contribution >= 0.6 is 11.6 Å². The average molecular weight is 266 g/mol. The second kappa shape index (κ2) is 7.08. The van der Waals surface area contributed by atoms with Crippen LogP contribution in [0, 0.1) is 0 Å². The summed E-state index contributed by atoms with van der Waals surface area (Å²) in [5, 5.41) is 2.63. The molecule has 1 aromatic heterocycles. The second-order valence-electron chi connectivity index (χ2n) is 2.99. The van der Waals surface area contributed by atoms with Crippen molar-refractivity contribution in [2.75, 3.05) is 18.5 Å². The maximum absolute atomic E-state index is 11.7. The molecule has 0 aromatic carbocycles. The molecule has 5 nitrogen and oxygen atoms in total. The zero-order valence-corrected chi connectivity index (χ0v) is 9.45. The lowest BCUT2D eigenvalue weighted by Crippen LogP contribution is -2.16. The molecule has 17 heavy (non-hydrogen) atoms. The molecule has 1 rings (SSSR count). The summed E-state index contributed by atoms with van der Waals surface area (Å²) in [6.45, 7) is -0.748. The fourth-order valence-corrected chi connectivity index (χ4v) is 1.09. The van der Waals surface area contributed by atoms with Gasteiger partial charge in [0.15, 0.2) is 0 Å². The molecule has 0 aliphatic rings. The van der Waals surface area contributed by atoms with E-state index in [1.165, 1.54) is 12.4 Å². The van der Waals surface area contributed by atoms with Gasteiger partial charge in [-0.1, -0.05) is 11.6 Å². The maximum Gasteiger partial charge on any atom is 0.261 e. The topological polar surface area (TPSA) is 64.1 Å². The summed E-state index contributed by atoms with van der Waals surface area (Å²) in [7, 11) is 0. The Kier molecular flexibility index (Phi) is 5.71. The number of nitrogens with zero attached hydrogens (tertiary/aromatic N) is 2. The number of ether oxygens (including phenoxy) is 1. The standard InChI is InChI=1S/C9H10ClF2N3O2/c10-6-3-8(14-5-13-6)15-9(16)1-2-17-4-7(11)12/h3,5,7H,1-2,4H2,(H,13,14,15,16). The zero-order valence-electron chi connectivity index (χ0n) is 8.70. The number of nitrogens with one attached hydrogen (secondary N) is 1. The van der Waals surface area contributed by atoms with E-state index in [1.54, 1.807) is 0 Å². The summed E-state index contributed by atoms with van der Waals surface area (Å²) in [4.78, 5) is 18.7. The van der Waals surface area contributed by atoms with E-state index >= 15 is 0 Å². The molecular formula is C9H10ClF2N3O2. The van der Waals surface area contributed by atoms with Crippen LogP contribution in [0.15, 0.2) is 12.4 Å². The Hall–Kier alpha value is -1.34. The van der Waals surface area contributed by atoms with E-state index < -0.39 is 18.9 Å². The van der Waals surface area contributed by atoms with Gasteiger partial charge < -0.3 is 10.1 Å². The molecular weight excluding hydrogens is 256 g/mol. The number of anilines is 1. The first-order chi connectivity index (χ1) is 8.08. The molecule has 0 atom stereocenters. The van der Waals surface area contributed by atoms with Crippen molar-refractivity contribution in [3.63, 3.8) is 0 Å². The van der Waals surface area contributed by atoms with Gasteiger partial charge in [-0.3, -0.25) is 4.79 Å². The number of carbonyl (C=O) groups excluding carboxylic acids is 1. The maximum atomic E-state index is 11.7. The van der Waals surface area contributed by atoms with Crippen LogP contribution < -0.4 is 5.32 Å². The average Bonchev–Trinajstić information content (AvgIpc) is 2.24. The number of hydrogen-bond acceptors (Lipinski definition) is 4. The van der Waals surface area contributed by atoms with Crippen LogP contribution in [-0.2, 0) is 9.53 Å². The van der Waals surface area contributed by atoms with Gasteiger partial charge in [0, 0.05) is 6.07 Å². The third kappa shape index (κ3) is 6.08. The number of aromatic nitrogens is 2. The molecule has 0 fully saturated rings. The minimum atomic E-state index is -2.53. The smallest absolute Gasteiger partial charge is 0.261 e. The molecule has 0 radical (unpaired) electrons. The van der Waals surface area contributed by atoms with Crippen LogP contribution in [0.4, 0.5) is 14.6 Å². The normalized spacial score (nSPS) is 10.6. The predicted molar refractivity (Wildman–Crippen MR) is 57.1 cm³/mol. The summed E-state index contributed by atoms with van der Waals surface area (Å²) < 4.78 is 27.9. The molecule has 0 aliphatic heterocycles. The number of carbonyl (C=O) groups is 1. The summed E-state index contributed by atoms with van der Waals surface area (Å²) >= 11 is 5.58. The molecule has 0 spiro atoms. The van der Waals surface area contributed by atoms with E-state index in [4.69, 9.17) is 11.6 Å². The van der Waals surface area contributed by atoms with Crippen molar-refractivity contribution in [1.29, 1.82) is 0 Å². The van der Waals surface area contributed by atoms with Gasteiger partial charge in [0.05, 0.1) is 13.0 Å². The molecule has 0 saturated heterocycles. The third-order valence-corrected chi connectivity index (χ3v) is 1.83. The molecule has 1 N–H and O–H groups in total. The highest BCUT2D eigenvalue weighted by atomic mass is 35.5. The van der Waals surface area contributed by atoms with Gasteiger partial charge in [-0.05, 0) is 0 Å². The van der Waals surface area contributed by atoms with Gasteiger partial charge in [0.1, 0.15) is 23.9 Å². The van der Waals surface area contributed by atoms with Crippen molar-refractivity contribution in [2.45, 2.75) is 12.8 Å². The van der Waals surface area contributed by atoms with E-state index in [2.05, 4.69) is 20.0 Å². The predicted octanol–water partition coefficient (Wildman–Crippen LogP) is 1.74.